The molecule has 37 heavy (non-hydrogen) atoms. The van der Waals surface area contributed by atoms with Crippen molar-refractivity contribution in [3.05, 3.63) is 72.6 Å². The Morgan fingerprint density at radius 1 is 1.03 bits per heavy atom. The number of amides is 2. The zero-order valence-corrected chi connectivity index (χ0v) is 21.7. The first-order valence-corrected chi connectivity index (χ1v) is 12.2. The quantitative estimate of drug-likeness (QED) is 0.199. The number of para-hydroxylation sites is 2. The Kier molecular flexibility index (Phi) is 10.1. The first-order valence-electron chi connectivity index (χ1n) is 11.3. The van der Waals surface area contributed by atoms with Crippen LogP contribution in [0.5, 0.6) is 17.2 Å². The Morgan fingerprint density at radius 3 is 2.51 bits per heavy atom. The minimum Gasteiger partial charge on any atom is -0.495 e. The standard InChI is InChI=1S/C26H29N5O5S/c1-5-14-31-23(16-27-24(32)13-11-18-10-12-21(35-3)22(15-18)36-4)29-30-26(31)37-17-25(33)28-19-8-6-7-9-20(19)34-2/h5-13,15H,1,14,16-17H2,2-4H3,(H,27,32)(H,28,33)/b13-11+. The summed E-state index contributed by atoms with van der Waals surface area (Å²) >= 11 is 1.24. The van der Waals surface area contributed by atoms with Crippen molar-refractivity contribution in [1.29, 1.82) is 0 Å². The molecule has 0 aliphatic carbocycles. The molecule has 0 saturated carbocycles. The minimum atomic E-state index is -0.298. The molecule has 2 N–H and O–H groups in total. The lowest BCUT2D eigenvalue weighted by Gasteiger charge is -2.10. The number of hydrogen-bond donors (Lipinski definition) is 2. The second-order valence-electron chi connectivity index (χ2n) is 7.50. The van der Waals surface area contributed by atoms with E-state index in [-0.39, 0.29) is 24.1 Å². The van der Waals surface area contributed by atoms with Gasteiger partial charge in [0.05, 0.1) is 39.3 Å². The van der Waals surface area contributed by atoms with Crippen molar-refractivity contribution in [2.24, 2.45) is 0 Å². The monoisotopic (exact) mass is 523 g/mol. The number of rotatable bonds is 13. The lowest BCUT2D eigenvalue weighted by atomic mass is 10.2. The zero-order valence-electron chi connectivity index (χ0n) is 20.9. The summed E-state index contributed by atoms with van der Waals surface area (Å²) in [5.41, 5.74) is 1.38. The number of carbonyl (C=O) groups is 2. The third-order valence-corrected chi connectivity index (χ3v) is 6.04. The van der Waals surface area contributed by atoms with Gasteiger partial charge in [0.2, 0.25) is 11.8 Å². The molecule has 0 saturated heterocycles. The first-order chi connectivity index (χ1) is 18.0. The number of aromatic nitrogens is 3. The van der Waals surface area contributed by atoms with Gasteiger partial charge in [-0.05, 0) is 35.9 Å². The maximum Gasteiger partial charge on any atom is 0.244 e. The predicted molar refractivity (Wildman–Crippen MR) is 143 cm³/mol. The minimum absolute atomic E-state index is 0.119. The van der Waals surface area contributed by atoms with E-state index >= 15 is 0 Å². The molecular weight excluding hydrogens is 494 g/mol. The van der Waals surface area contributed by atoms with E-state index in [0.717, 1.165) is 5.56 Å². The van der Waals surface area contributed by atoms with Gasteiger partial charge < -0.3 is 29.4 Å². The maximum absolute atomic E-state index is 12.5. The van der Waals surface area contributed by atoms with Crippen LogP contribution in [0.25, 0.3) is 6.08 Å². The molecule has 1 aromatic heterocycles. The molecule has 0 bridgehead atoms. The van der Waals surface area contributed by atoms with Gasteiger partial charge in [-0.15, -0.1) is 16.8 Å². The predicted octanol–water partition coefficient (Wildman–Crippen LogP) is 3.55. The summed E-state index contributed by atoms with van der Waals surface area (Å²) in [5, 5.41) is 14.5. The molecule has 194 valence electrons. The van der Waals surface area contributed by atoms with Gasteiger partial charge in [-0.2, -0.15) is 0 Å². The van der Waals surface area contributed by atoms with Crippen LogP contribution in [0.15, 0.2) is 66.4 Å². The smallest absolute Gasteiger partial charge is 0.244 e. The summed E-state index contributed by atoms with van der Waals surface area (Å²) in [5.74, 6) is 1.91. The maximum atomic E-state index is 12.5. The second kappa shape index (κ2) is 13.7. The highest BCUT2D eigenvalue weighted by molar-refractivity contribution is 7.99. The fourth-order valence-corrected chi connectivity index (χ4v) is 4.05. The summed E-state index contributed by atoms with van der Waals surface area (Å²) in [7, 11) is 4.66. The Morgan fingerprint density at radius 2 is 1.78 bits per heavy atom. The molecule has 0 atom stereocenters. The van der Waals surface area contributed by atoms with E-state index in [0.29, 0.717) is 40.5 Å². The van der Waals surface area contributed by atoms with E-state index in [4.69, 9.17) is 14.2 Å². The normalized spacial score (nSPS) is 10.7. The van der Waals surface area contributed by atoms with Crippen LogP contribution in [0.4, 0.5) is 5.69 Å². The van der Waals surface area contributed by atoms with E-state index in [9.17, 15) is 9.59 Å². The fraction of sp³-hybridized carbons (Fsp3) is 0.231. The highest BCUT2D eigenvalue weighted by atomic mass is 32.2. The number of nitrogens with one attached hydrogen (secondary N) is 2. The van der Waals surface area contributed by atoms with Crippen LogP contribution in [0, 0.1) is 0 Å². The molecule has 3 rings (SSSR count). The van der Waals surface area contributed by atoms with Gasteiger partial charge in [-0.1, -0.05) is 36.0 Å². The van der Waals surface area contributed by atoms with Gasteiger partial charge in [-0.3, -0.25) is 9.59 Å². The van der Waals surface area contributed by atoms with E-state index in [2.05, 4.69) is 27.4 Å². The molecule has 0 fully saturated rings. The Balaban J connectivity index is 1.58. The van der Waals surface area contributed by atoms with Gasteiger partial charge >= 0.3 is 0 Å². The first kappa shape index (κ1) is 27.3. The SMILES string of the molecule is C=CCn1c(CNC(=O)/C=C/c2ccc(OC)c(OC)c2)nnc1SCC(=O)Nc1ccccc1OC. The van der Waals surface area contributed by atoms with Gasteiger partial charge in [-0.25, -0.2) is 0 Å². The van der Waals surface area contributed by atoms with Crippen LogP contribution in [0.2, 0.25) is 0 Å². The lowest BCUT2D eigenvalue weighted by molar-refractivity contribution is -0.116. The summed E-state index contributed by atoms with van der Waals surface area (Å²) in [4.78, 5) is 24.8. The van der Waals surface area contributed by atoms with Crippen molar-refractivity contribution < 1.29 is 23.8 Å². The topological polar surface area (TPSA) is 117 Å². The van der Waals surface area contributed by atoms with Crippen molar-refractivity contribution in [3.8, 4) is 17.2 Å². The van der Waals surface area contributed by atoms with Gasteiger partial charge in [0.25, 0.3) is 0 Å². The third kappa shape index (κ3) is 7.61. The third-order valence-electron chi connectivity index (χ3n) is 5.07. The molecule has 11 heteroatoms. The number of carbonyl (C=O) groups excluding carboxylic acids is 2. The summed E-state index contributed by atoms with van der Waals surface area (Å²) < 4.78 is 17.6. The number of hydrogen-bond acceptors (Lipinski definition) is 8. The molecule has 0 unspecified atom stereocenters. The van der Waals surface area contributed by atoms with Gasteiger partial charge in [0.1, 0.15) is 5.75 Å². The molecule has 3 aromatic rings. The number of thioether (sulfide) groups is 1. The largest absolute Gasteiger partial charge is 0.495 e. The Bertz CT molecular complexity index is 1270. The molecule has 0 aliphatic heterocycles. The number of anilines is 1. The van der Waals surface area contributed by atoms with Crippen LogP contribution in [-0.2, 0) is 22.7 Å². The highest BCUT2D eigenvalue weighted by Gasteiger charge is 2.15. The van der Waals surface area contributed by atoms with Crippen molar-refractivity contribution in [2.75, 3.05) is 32.4 Å². The van der Waals surface area contributed by atoms with Gasteiger partial charge in [0.15, 0.2) is 22.5 Å². The average Bonchev–Trinajstić information content (AvgIpc) is 3.31. The Labute approximate surface area is 219 Å². The number of methoxy groups -OCH3 is 3. The number of benzene rings is 2. The average molecular weight is 524 g/mol. The van der Waals surface area contributed by atoms with E-state index in [1.54, 1.807) is 62.3 Å². The van der Waals surface area contributed by atoms with Crippen molar-refractivity contribution in [2.45, 2.75) is 18.2 Å². The summed E-state index contributed by atoms with van der Waals surface area (Å²) in [6.07, 6.45) is 4.80. The van der Waals surface area contributed by atoms with Crippen LogP contribution in [-0.4, -0.2) is 53.7 Å². The van der Waals surface area contributed by atoms with Crippen LogP contribution in [0.3, 0.4) is 0 Å². The summed E-state index contributed by atoms with van der Waals surface area (Å²) in [6.45, 7) is 4.36. The molecular formula is C26H29N5O5S. The summed E-state index contributed by atoms with van der Waals surface area (Å²) in [6, 6.07) is 12.5. The van der Waals surface area contributed by atoms with E-state index in [1.165, 1.54) is 17.8 Å². The zero-order chi connectivity index (χ0) is 26.6. The van der Waals surface area contributed by atoms with Crippen LogP contribution in [0.1, 0.15) is 11.4 Å². The molecule has 1 heterocycles. The highest BCUT2D eigenvalue weighted by Crippen LogP contribution is 2.28. The molecule has 10 nitrogen and oxygen atoms in total. The number of nitrogens with zero attached hydrogens (tertiary/aromatic N) is 3. The van der Waals surface area contributed by atoms with Crippen molar-refractivity contribution in [1.82, 2.24) is 20.1 Å². The lowest BCUT2D eigenvalue weighted by Crippen LogP contribution is -2.23. The number of ether oxygens (including phenoxy) is 3. The second-order valence-corrected chi connectivity index (χ2v) is 8.44. The van der Waals surface area contributed by atoms with Gasteiger partial charge in [0, 0.05) is 12.6 Å². The number of allylic oxidation sites excluding steroid dienone is 1. The Hall–Kier alpha value is -4.25. The molecule has 0 aliphatic rings. The van der Waals surface area contributed by atoms with E-state index in [1.807, 2.05) is 18.2 Å². The molecule has 0 spiro atoms. The van der Waals surface area contributed by atoms with Crippen molar-refractivity contribution in [3.63, 3.8) is 0 Å². The van der Waals surface area contributed by atoms with Crippen molar-refractivity contribution >= 4 is 35.3 Å². The molecule has 2 aromatic carbocycles. The fourth-order valence-electron chi connectivity index (χ4n) is 3.29. The van der Waals surface area contributed by atoms with Crippen LogP contribution >= 0.6 is 11.8 Å². The van der Waals surface area contributed by atoms with Crippen LogP contribution < -0.4 is 24.8 Å². The molecule has 0 radical (unpaired) electrons. The molecule has 2 amide bonds. The van der Waals surface area contributed by atoms with E-state index < -0.39 is 0 Å².